The zero-order valence-corrected chi connectivity index (χ0v) is 13.1. The van der Waals surface area contributed by atoms with Crippen molar-refractivity contribution < 1.29 is 0 Å². The molecule has 2 rings (SSSR count). The lowest BCUT2D eigenvalue weighted by Gasteiger charge is -2.10. The minimum absolute atomic E-state index is 0.314. The fourth-order valence-electron chi connectivity index (χ4n) is 1.47. The number of thiazole rings is 1. The van der Waals surface area contributed by atoms with Crippen LogP contribution in [0, 0.1) is 0 Å². The molecule has 2 nitrogen and oxygen atoms in total. The van der Waals surface area contributed by atoms with E-state index in [1.165, 1.54) is 19.2 Å². The minimum Gasteiger partial charge on any atom is -0.303 e. The number of rotatable bonds is 5. The lowest BCUT2D eigenvalue weighted by Crippen LogP contribution is -2.17. The van der Waals surface area contributed by atoms with Gasteiger partial charge in [0.25, 0.3) is 0 Å². The summed E-state index contributed by atoms with van der Waals surface area (Å²) in [4.78, 5) is 7.15. The highest BCUT2D eigenvalue weighted by Gasteiger charge is 2.10. The maximum Gasteiger partial charge on any atom is 0.109 e. The average molecular weight is 331 g/mol. The first-order valence-electron chi connectivity index (χ1n) is 5.60. The second kappa shape index (κ2) is 6.09. The van der Waals surface area contributed by atoms with Gasteiger partial charge in [-0.2, -0.15) is 0 Å². The Morgan fingerprint density at radius 2 is 2.35 bits per heavy atom. The highest BCUT2D eigenvalue weighted by molar-refractivity contribution is 9.10. The fraction of sp³-hybridized carbons (Fsp3) is 0.417. The van der Waals surface area contributed by atoms with E-state index in [-0.39, 0.29) is 0 Å². The molecular weight excluding hydrogens is 316 g/mol. The molecule has 17 heavy (non-hydrogen) atoms. The van der Waals surface area contributed by atoms with Crippen LogP contribution in [0.5, 0.6) is 0 Å². The molecule has 1 atom stereocenters. The van der Waals surface area contributed by atoms with Crippen molar-refractivity contribution in [2.24, 2.45) is 0 Å². The van der Waals surface area contributed by atoms with Crippen LogP contribution in [0.25, 0.3) is 0 Å². The Morgan fingerprint density at radius 3 is 2.94 bits per heavy atom. The molecule has 2 heterocycles. The van der Waals surface area contributed by atoms with E-state index in [1.807, 2.05) is 6.20 Å². The molecule has 0 saturated carbocycles. The summed E-state index contributed by atoms with van der Waals surface area (Å²) < 4.78 is 1.19. The van der Waals surface area contributed by atoms with Gasteiger partial charge in [0.1, 0.15) is 5.01 Å². The largest absolute Gasteiger partial charge is 0.303 e. The Balaban J connectivity index is 1.93. The van der Waals surface area contributed by atoms with Crippen LogP contribution >= 0.6 is 38.6 Å². The molecule has 2 aromatic rings. The molecule has 1 N–H and O–H groups in total. The van der Waals surface area contributed by atoms with Crippen molar-refractivity contribution >= 4 is 38.6 Å². The molecule has 0 radical (unpaired) electrons. The maximum absolute atomic E-state index is 4.46. The SMILES string of the molecule is CCc1cnc(C(C)NCc2sccc2Br)s1. The molecule has 2 aromatic heterocycles. The number of halogens is 1. The molecule has 92 valence electrons. The van der Waals surface area contributed by atoms with Crippen LogP contribution in [-0.4, -0.2) is 4.98 Å². The second-order valence-electron chi connectivity index (χ2n) is 3.81. The Kier molecular flexibility index (Phi) is 4.73. The number of nitrogens with zero attached hydrogens (tertiary/aromatic N) is 1. The number of nitrogens with one attached hydrogen (secondary N) is 1. The molecule has 0 fully saturated rings. The van der Waals surface area contributed by atoms with Crippen molar-refractivity contribution in [2.45, 2.75) is 32.9 Å². The number of aryl methyl sites for hydroxylation is 1. The highest BCUT2D eigenvalue weighted by Crippen LogP contribution is 2.24. The van der Waals surface area contributed by atoms with Gasteiger partial charge in [-0.05, 0) is 40.7 Å². The molecule has 0 spiro atoms. The van der Waals surface area contributed by atoms with Crippen LogP contribution in [0.3, 0.4) is 0 Å². The summed E-state index contributed by atoms with van der Waals surface area (Å²) >= 11 is 7.12. The fourth-order valence-corrected chi connectivity index (χ4v) is 3.80. The lowest BCUT2D eigenvalue weighted by molar-refractivity contribution is 0.575. The molecule has 0 aliphatic rings. The molecule has 0 aliphatic heterocycles. The third kappa shape index (κ3) is 3.37. The van der Waals surface area contributed by atoms with Gasteiger partial charge in [0.15, 0.2) is 0 Å². The Morgan fingerprint density at radius 1 is 1.53 bits per heavy atom. The van der Waals surface area contributed by atoms with Gasteiger partial charge in [0, 0.05) is 27.0 Å². The van der Waals surface area contributed by atoms with Gasteiger partial charge in [-0.15, -0.1) is 22.7 Å². The smallest absolute Gasteiger partial charge is 0.109 e. The van der Waals surface area contributed by atoms with Gasteiger partial charge in [-0.25, -0.2) is 4.98 Å². The maximum atomic E-state index is 4.46. The van der Waals surface area contributed by atoms with Crippen molar-refractivity contribution in [1.82, 2.24) is 10.3 Å². The first kappa shape index (κ1) is 13.2. The van der Waals surface area contributed by atoms with Crippen LogP contribution in [0.15, 0.2) is 22.1 Å². The molecule has 5 heteroatoms. The standard InChI is InChI=1S/C12H15BrN2S2/c1-3-9-6-15-12(17-9)8(2)14-7-11-10(13)4-5-16-11/h4-6,8,14H,3,7H2,1-2H3. The zero-order valence-electron chi connectivity index (χ0n) is 9.87. The number of hydrogen-bond donors (Lipinski definition) is 1. The third-order valence-electron chi connectivity index (χ3n) is 2.55. The van der Waals surface area contributed by atoms with Crippen LogP contribution in [0.1, 0.15) is 34.7 Å². The predicted molar refractivity (Wildman–Crippen MR) is 78.8 cm³/mol. The van der Waals surface area contributed by atoms with Gasteiger partial charge in [-0.3, -0.25) is 0 Å². The topological polar surface area (TPSA) is 24.9 Å². The summed E-state index contributed by atoms with van der Waals surface area (Å²) in [7, 11) is 0. The Labute approximate surface area is 118 Å². The minimum atomic E-state index is 0.314. The number of thiophene rings is 1. The summed E-state index contributed by atoms with van der Waals surface area (Å²) in [6.07, 6.45) is 3.06. The summed E-state index contributed by atoms with van der Waals surface area (Å²) in [5.74, 6) is 0. The van der Waals surface area contributed by atoms with Gasteiger partial charge in [-0.1, -0.05) is 6.92 Å². The lowest BCUT2D eigenvalue weighted by atomic mass is 10.3. The van der Waals surface area contributed by atoms with Gasteiger partial charge in [0.2, 0.25) is 0 Å². The molecule has 0 bridgehead atoms. The predicted octanol–water partition coefficient (Wildman–Crippen LogP) is 4.38. The first-order chi connectivity index (χ1) is 8.20. The summed E-state index contributed by atoms with van der Waals surface area (Å²) in [6, 6.07) is 2.40. The van der Waals surface area contributed by atoms with Gasteiger partial charge >= 0.3 is 0 Å². The second-order valence-corrected chi connectivity index (χ2v) is 6.81. The monoisotopic (exact) mass is 330 g/mol. The van der Waals surface area contributed by atoms with Crippen LogP contribution in [0.2, 0.25) is 0 Å². The van der Waals surface area contributed by atoms with E-state index in [1.54, 1.807) is 22.7 Å². The number of hydrogen-bond acceptors (Lipinski definition) is 4. The van der Waals surface area contributed by atoms with Crippen molar-refractivity contribution in [3.05, 3.63) is 36.9 Å². The van der Waals surface area contributed by atoms with Gasteiger partial charge < -0.3 is 5.32 Å². The van der Waals surface area contributed by atoms with Crippen molar-refractivity contribution in [2.75, 3.05) is 0 Å². The van der Waals surface area contributed by atoms with Crippen molar-refractivity contribution in [3.63, 3.8) is 0 Å². The van der Waals surface area contributed by atoms with E-state index >= 15 is 0 Å². The summed E-state index contributed by atoms with van der Waals surface area (Å²) in [6.45, 7) is 5.22. The van der Waals surface area contributed by atoms with Crippen molar-refractivity contribution in [1.29, 1.82) is 0 Å². The molecule has 0 aromatic carbocycles. The average Bonchev–Trinajstić information content (AvgIpc) is 2.94. The molecule has 0 saturated heterocycles. The molecule has 0 amide bonds. The summed E-state index contributed by atoms with van der Waals surface area (Å²) in [5, 5.41) is 6.78. The van der Waals surface area contributed by atoms with Crippen LogP contribution in [-0.2, 0) is 13.0 Å². The normalized spacial score (nSPS) is 12.9. The molecular formula is C12H15BrN2S2. The highest BCUT2D eigenvalue weighted by atomic mass is 79.9. The zero-order chi connectivity index (χ0) is 12.3. The quantitative estimate of drug-likeness (QED) is 0.879. The Bertz CT molecular complexity index is 478. The third-order valence-corrected chi connectivity index (χ3v) is 5.80. The van der Waals surface area contributed by atoms with E-state index in [4.69, 9.17) is 0 Å². The summed E-state index contributed by atoms with van der Waals surface area (Å²) in [5.41, 5.74) is 0. The van der Waals surface area contributed by atoms with E-state index in [0.717, 1.165) is 13.0 Å². The molecule has 1 unspecified atom stereocenters. The van der Waals surface area contributed by atoms with Crippen molar-refractivity contribution in [3.8, 4) is 0 Å². The van der Waals surface area contributed by atoms with E-state index in [9.17, 15) is 0 Å². The van der Waals surface area contributed by atoms with E-state index < -0.39 is 0 Å². The Hall–Kier alpha value is -0.230. The van der Waals surface area contributed by atoms with E-state index in [2.05, 4.69) is 51.5 Å². The van der Waals surface area contributed by atoms with Gasteiger partial charge in [0.05, 0.1) is 6.04 Å². The van der Waals surface area contributed by atoms with Crippen LogP contribution < -0.4 is 5.32 Å². The first-order valence-corrected chi connectivity index (χ1v) is 8.09. The number of aromatic nitrogens is 1. The molecule has 0 aliphatic carbocycles. The van der Waals surface area contributed by atoms with Crippen LogP contribution in [0.4, 0.5) is 0 Å². The van der Waals surface area contributed by atoms with E-state index in [0.29, 0.717) is 6.04 Å².